The molecule has 128 valence electrons. The number of benzene rings is 1. The molecule has 0 aliphatic carbocycles. The molecule has 6 heteroatoms. The smallest absolute Gasteiger partial charge is 0.256 e. The highest BCUT2D eigenvalue weighted by atomic mass is 16.3. The molecule has 0 spiro atoms. The standard InChI is InChI=1S/C18H23N3O3/c1-12(22)19-15-7-9-21(10-8-17(15)23)18(24)14-11-20(2)16-6-4-3-5-13(14)16/h3-6,11,15,17,23H,7-10H2,1-2H3,(H,19,22)/t15-,17-/m0/s1. The quantitative estimate of drug-likeness (QED) is 0.871. The van der Waals surface area contributed by atoms with Crippen LogP contribution >= 0.6 is 0 Å². The fourth-order valence-corrected chi connectivity index (χ4v) is 3.40. The lowest BCUT2D eigenvalue weighted by Crippen LogP contribution is -2.42. The molecule has 1 fully saturated rings. The number of nitrogens with zero attached hydrogens (tertiary/aromatic N) is 2. The minimum atomic E-state index is -0.626. The van der Waals surface area contributed by atoms with Crippen molar-refractivity contribution >= 4 is 22.7 Å². The van der Waals surface area contributed by atoms with Crippen molar-refractivity contribution in [2.45, 2.75) is 31.9 Å². The highest BCUT2D eigenvalue weighted by molar-refractivity contribution is 6.07. The van der Waals surface area contributed by atoms with Gasteiger partial charge in [-0.25, -0.2) is 0 Å². The SMILES string of the molecule is CC(=O)N[C@H]1CCN(C(=O)c2cn(C)c3ccccc23)CC[C@@H]1O. The van der Waals surface area contributed by atoms with Gasteiger partial charge in [-0.1, -0.05) is 18.2 Å². The first-order chi connectivity index (χ1) is 11.5. The van der Waals surface area contributed by atoms with Gasteiger partial charge in [0.2, 0.25) is 5.91 Å². The zero-order chi connectivity index (χ0) is 17.3. The van der Waals surface area contributed by atoms with Crippen molar-refractivity contribution in [2.24, 2.45) is 7.05 Å². The Kier molecular flexibility index (Phi) is 4.57. The van der Waals surface area contributed by atoms with Gasteiger partial charge in [0, 0.05) is 44.2 Å². The molecule has 0 bridgehead atoms. The van der Waals surface area contributed by atoms with Crippen LogP contribution in [0.2, 0.25) is 0 Å². The highest BCUT2D eigenvalue weighted by Crippen LogP contribution is 2.23. The van der Waals surface area contributed by atoms with E-state index >= 15 is 0 Å². The molecule has 1 saturated heterocycles. The van der Waals surface area contributed by atoms with E-state index in [1.54, 1.807) is 4.90 Å². The molecule has 2 N–H and O–H groups in total. The number of carbonyl (C=O) groups is 2. The van der Waals surface area contributed by atoms with Crippen molar-refractivity contribution in [3.63, 3.8) is 0 Å². The van der Waals surface area contributed by atoms with Crippen molar-refractivity contribution in [3.8, 4) is 0 Å². The molecule has 2 amide bonds. The summed E-state index contributed by atoms with van der Waals surface area (Å²) in [6.07, 6.45) is 2.25. The molecule has 2 atom stereocenters. The minimum absolute atomic E-state index is 0.0255. The van der Waals surface area contributed by atoms with Gasteiger partial charge < -0.3 is 19.9 Å². The van der Waals surface area contributed by atoms with Crippen molar-refractivity contribution in [2.75, 3.05) is 13.1 Å². The molecule has 1 aromatic heterocycles. The third-order valence-corrected chi connectivity index (χ3v) is 4.67. The van der Waals surface area contributed by atoms with Crippen LogP contribution in [0.15, 0.2) is 30.5 Å². The Morgan fingerprint density at radius 2 is 1.92 bits per heavy atom. The van der Waals surface area contributed by atoms with Crippen molar-refractivity contribution in [3.05, 3.63) is 36.0 Å². The number of fused-ring (bicyclic) bond motifs is 1. The molecule has 0 radical (unpaired) electrons. The average Bonchev–Trinajstić information content (AvgIpc) is 2.79. The Morgan fingerprint density at radius 1 is 1.21 bits per heavy atom. The summed E-state index contributed by atoms with van der Waals surface area (Å²) in [5.41, 5.74) is 1.70. The summed E-state index contributed by atoms with van der Waals surface area (Å²) in [7, 11) is 1.93. The summed E-state index contributed by atoms with van der Waals surface area (Å²) < 4.78 is 1.95. The molecule has 24 heavy (non-hydrogen) atoms. The van der Waals surface area contributed by atoms with Crippen LogP contribution in [0.1, 0.15) is 30.1 Å². The molecular weight excluding hydrogens is 306 g/mol. The summed E-state index contributed by atoms with van der Waals surface area (Å²) >= 11 is 0. The number of rotatable bonds is 2. The monoisotopic (exact) mass is 329 g/mol. The van der Waals surface area contributed by atoms with Crippen LogP contribution in [0.5, 0.6) is 0 Å². The molecule has 2 heterocycles. The van der Waals surface area contributed by atoms with Crippen LogP contribution in [-0.2, 0) is 11.8 Å². The number of likely N-dealkylation sites (tertiary alicyclic amines) is 1. The van der Waals surface area contributed by atoms with Gasteiger partial charge in [0.15, 0.2) is 0 Å². The van der Waals surface area contributed by atoms with Crippen LogP contribution in [0, 0.1) is 0 Å². The molecule has 3 rings (SSSR count). The first-order valence-electron chi connectivity index (χ1n) is 8.26. The number of nitrogens with one attached hydrogen (secondary N) is 1. The van der Waals surface area contributed by atoms with Crippen LogP contribution in [-0.4, -0.2) is 51.6 Å². The van der Waals surface area contributed by atoms with Crippen LogP contribution in [0.25, 0.3) is 10.9 Å². The van der Waals surface area contributed by atoms with Gasteiger partial charge in [-0.15, -0.1) is 0 Å². The number of aliphatic hydroxyl groups is 1. The second-order valence-corrected chi connectivity index (χ2v) is 6.41. The Bertz CT molecular complexity index is 768. The first-order valence-corrected chi connectivity index (χ1v) is 8.26. The number of aryl methyl sites for hydroxylation is 1. The van der Waals surface area contributed by atoms with E-state index in [2.05, 4.69) is 5.32 Å². The molecular formula is C18H23N3O3. The van der Waals surface area contributed by atoms with Crippen LogP contribution in [0.4, 0.5) is 0 Å². The predicted molar refractivity (Wildman–Crippen MR) is 91.7 cm³/mol. The fourth-order valence-electron chi connectivity index (χ4n) is 3.40. The first kappa shape index (κ1) is 16.5. The molecule has 1 aromatic carbocycles. The fraction of sp³-hybridized carbons (Fsp3) is 0.444. The number of hydrogen-bond acceptors (Lipinski definition) is 3. The molecule has 2 aromatic rings. The summed E-state index contributed by atoms with van der Waals surface area (Å²) in [6.45, 7) is 2.44. The second kappa shape index (κ2) is 6.65. The third kappa shape index (κ3) is 3.14. The molecule has 1 aliphatic heterocycles. The lowest BCUT2D eigenvalue weighted by Gasteiger charge is -2.20. The maximum Gasteiger partial charge on any atom is 0.256 e. The summed E-state index contributed by atoms with van der Waals surface area (Å²) in [5.74, 6) is -0.185. The molecule has 6 nitrogen and oxygen atoms in total. The van der Waals surface area contributed by atoms with Gasteiger partial charge in [-0.2, -0.15) is 0 Å². The van der Waals surface area contributed by atoms with Gasteiger partial charge in [0.05, 0.1) is 17.7 Å². The van der Waals surface area contributed by atoms with Gasteiger partial charge in [0.25, 0.3) is 5.91 Å². The Labute approximate surface area is 141 Å². The summed E-state index contributed by atoms with van der Waals surface area (Å²) in [5, 5.41) is 13.9. The van der Waals surface area contributed by atoms with Crippen molar-refractivity contribution < 1.29 is 14.7 Å². The number of carbonyl (C=O) groups excluding carboxylic acids is 2. The van der Waals surface area contributed by atoms with Gasteiger partial charge in [0.1, 0.15) is 0 Å². The number of hydrogen-bond donors (Lipinski definition) is 2. The summed E-state index contributed by atoms with van der Waals surface area (Å²) in [4.78, 5) is 26.0. The molecule has 0 saturated carbocycles. The third-order valence-electron chi connectivity index (χ3n) is 4.67. The number of aromatic nitrogens is 1. The van der Waals surface area contributed by atoms with E-state index in [-0.39, 0.29) is 17.9 Å². The highest BCUT2D eigenvalue weighted by Gasteiger charge is 2.28. The Hall–Kier alpha value is -2.34. The summed E-state index contributed by atoms with van der Waals surface area (Å²) in [6, 6.07) is 7.53. The zero-order valence-electron chi connectivity index (χ0n) is 14.0. The lowest BCUT2D eigenvalue weighted by molar-refractivity contribution is -0.120. The van der Waals surface area contributed by atoms with E-state index in [1.165, 1.54) is 6.92 Å². The maximum atomic E-state index is 13.0. The molecule has 1 aliphatic rings. The minimum Gasteiger partial charge on any atom is -0.391 e. The number of aliphatic hydroxyl groups excluding tert-OH is 1. The largest absolute Gasteiger partial charge is 0.391 e. The maximum absolute atomic E-state index is 13.0. The van der Waals surface area contributed by atoms with E-state index in [9.17, 15) is 14.7 Å². The van der Waals surface area contributed by atoms with Gasteiger partial charge in [-0.05, 0) is 18.9 Å². The van der Waals surface area contributed by atoms with Crippen LogP contribution < -0.4 is 5.32 Å². The second-order valence-electron chi connectivity index (χ2n) is 6.41. The Morgan fingerprint density at radius 3 is 2.67 bits per heavy atom. The zero-order valence-corrected chi connectivity index (χ0v) is 14.0. The van der Waals surface area contributed by atoms with Crippen LogP contribution in [0.3, 0.4) is 0 Å². The average molecular weight is 329 g/mol. The normalized spacial score (nSPS) is 21.5. The van der Waals surface area contributed by atoms with Gasteiger partial charge in [-0.3, -0.25) is 9.59 Å². The molecule has 0 unspecified atom stereocenters. The van der Waals surface area contributed by atoms with E-state index < -0.39 is 6.10 Å². The number of amides is 2. The Balaban J connectivity index is 1.81. The van der Waals surface area contributed by atoms with E-state index in [0.29, 0.717) is 31.5 Å². The lowest BCUT2D eigenvalue weighted by atomic mass is 10.1. The van der Waals surface area contributed by atoms with E-state index in [4.69, 9.17) is 0 Å². The van der Waals surface area contributed by atoms with Gasteiger partial charge >= 0.3 is 0 Å². The van der Waals surface area contributed by atoms with E-state index in [1.807, 2.05) is 42.1 Å². The van der Waals surface area contributed by atoms with E-state index in [0.717, 1.165) is 10.9 Å². The van der Waals surface area contributed by atoms with Crippen molar-refractivity contribution in [1.82, 2.24) is 14.8 Å². The predicted octanol–water partition coefficient (Wildman–Crippen LogP) is 1.28. The number of para-hydroxylation sites is 1. The topological polar surface area (TPSA) is 74.6 Å². The van der Waals surface area contributed by atoms with Crippen molar-refractivity contribution in [1.29, 1.82) is 0 Å².